The lowest BCUT2D eigenvalue weighted by Crippen LogP contribution is -2.07. The van der Waals surface area contributed by atoms with Gasteiger partial charge in [0.2, 0.25) is 0 Å². The molecule has 0 radical (unpaired) electrons. The molecule has 17 heavy (non-hydrogen) atoms. The van der Waals surface area contributed by atoms with Crippen molar-refractivity contribution >= 4 is 45.2 Å². The van der Waals surface area contributed by atoms with Crippen molar-refractivity contribution in [1.82, 2.24) is 0 Å². The number of hydrogen-bond donors (Lipinski definition) is 0. The van der Waals surface area contributed by atoms with Gasteiger partial charge in [0, 0.05) is 6.92 Å². The first-order valence-electron chi connectivity index (χ1n) is 6.12. The topological polar surface area (TPSA) is 26.3 Å². The Morgan fingerprint density at radius 1 is 0.941 bits per heavy atom. The smallest absolute Gasteiger partial charge is 0.341 e. The molecule has 0 unspecified atom stereocenters. The summed E-state index contributed by atoms with van der Waals surface area (Å²) in [5.74, 6) is -0.194. The maximum Gasteiger partial charge on any atom is 0.341 e. The Hall–Kier alpha value is 0.557. The van der Waals surface area contributed by atoms with Gasteiger partial charge in [-0.25, -0.2) is 0 Å². The normalized spacial score (nSPS) is 11.5. The predicted molar refractivity (Wildman–Crippen MR) is 77.1 cm³/mol. The second kappa shape index (κ2) is 10.5. The van der Waals surface area contributed by atoms with Gasteiger partial charge in [-0.2, -0.15) is 0 Å². The van der Waals surface area contributed by atoms with Crippen molar-refractivity contribution in [2.24, 2.45) is 0 Å². The lowest BCUT2D eigenvalue weighted by atomic mass is 10.1. The lowest BCUT2D eigenvalue weighted by molar-refractivity contribution is -0.141. The van der Waals surface area contributed by atoms with E-state index < -0.39 is 6.00 Å². The van der Waals surface area contributed by atoms with Crippen molar-refractivity contribution in [3.63, 3.8) is 0 Å². The van der Waals surface area contributed by atoms with Crippen molar-refractivity contribution in [1.29, 1.82) is 0 Å². The molecule has 0 fully saturated rings. The molecule has 0 atom stereocenters. The lowest BCUT2D eigenvalue weighted by Gasteiger charge is -2.06. The highest BCUT2D eigenvalue weighted by Gasteiger charge is 2.23. The van der Waals surface area contributed by atoms with E-state index in [0.717, 1.165) is 31.7 Å². The van der Waals surface area contributed by atoms with Crippen molar-refractivity contribution < 1.29 is 9.53 Å². The maximum atomic E-state index is 10.5. The molecule has 0 rings (SSSR count). The fraction of sp³-hybridized carbons (Fsp3) is 0.909. The van der Waals surface area contributed by atoms with Gasteiger partial charge in [0.05, 0.1) is 6.61 Å². The molecule has 0 aromatic heterocycles. The minimum Gasteiger partial charge on any atom is -0.466 e. The molecule has 0 amide bonds. The molecular weight excluding hydrogens is 299 g/mol. The van der Waals surface area contributed by atoms with Crippen LogP contribution in [-0.2, 0) is 9.53 Å². The van der Waals surface area contributed by atoms with Crippen LogP contribution in [0, 0.1) is 0 Å². The summed E-state index contributed by atoms with van der Waals surface area (Å²) < 4.78 is 4.85. The quantitative estimate of drug-likeness (QED) is 0.247. The van der Waals surface area contributed by atoms with Gasteiger partial charge in [-0.1, -0.05) is 38.5 Å². The number of rotatable bonds is 10. The molecule has 0 aromatic rings. The van der Waals surface area contributed by atoms with Crippen LogP contribution < -0.4 is 0 Å². The fourth-order valence-electron chi connectivity index (χ4n) is 1.53. The van der Waals surface area contributed by atoms with E-state index in [0.29, 0.717) is 6.61 Å². The molecule has 0 saturated carbocycles. The zero-order valence-corrected chi connectivity index (χ0v) is 13.6. The minimum atomic E-state index is -2.39. The first kappa shape index (κ1) is 17.6. The van der Waals surface area contributed by atoms with Gasteiger partial charge in [0.15, 0.2) is 0 Å². The molecule has 0 bridgehead atoms. The number of halogens is 3. The van der Waals surface area contributed by atoms with Crippen LogP contribution in [0.25, 0.3) is 0 Å². The summed E-state index contributed by atoms with van der Waals surface area (Å²) in [5, 5.41) is 0. The van der Waals surface area contributed by atoms with Crippen LogP contribution in [0.4, 0.5) is 0 Å². The van der Waals surface area contributed by atoms with Gasteiger partial charge in [-0.05, 0) is 12.5 Å². The average Bonchev–Trinajstić information content (AvgIpc) is 2.18. The Labute approximate surface area is 119 Å². The van der Waals surface area contributed by atoms with Crippen LogP contribution in [0.1, 0.15) is 51.9 Å². The van der Waals surface area contributed by atoms with Gasteiger partial charge < -0.3 is 4.74 Å². The van der Waals surface area contributed by atoms with Crippen LogP contribution in [0.2, 0.25) is 6.04 Å². The van der Waals surface area contributed by atoms with E-state index in [1.54, 1.807) is 0 Å². The van der Waals surface area contributed by atoms with E-state index in [-0.39, 0.29) is 5.97 Å². The molecular formula is C11H21Cl3O2Si. The largest absolute Gasteiger partial charge is 0.466 e. The number of esters is 1. The van der Waals surface area contributed by atoms with Crippen LogP contribution in [-0.4, -0.2) is 18.6 Å². The summed E-state index contributed by atoms with van der Waals surface area (Å²) in [4.78, 5) is 10.5. The highest BCUT2D eigenvalue weighted by molar-refractivity contribution is 7.64. The summed E-state index contributed by atoms with van der Waals surface area (Å²) in [7, 11) is 0. The zero-order chi connectivity index (χ0) is 13.1. The van der Waals surface area contributed by atoms with Crippen LogP contribution in [0.3, 0.4) is 0 Å². The van der Waals surface area contributed by atoms with Gasteiger partial charge in [0.1, 0.15) is 0 Å². The third-order valence-electron chi connectivity index (χ3n) is 2.41. The summed E-state index contributed by atoms with van der Waals surface area (Å²) in [5.41, 5.74) is 0. The molecule has 0 saturated heterocycles. The molecule has 0 aliphatic carbocycles. The second-order valence-electron chi connectivity index (χ2n) is 4.18. The molecule has 6 heteroatoms. The van der Waals surface area contributed by atoms with Gasteiger partial charge in [-0.3, -0.25) is 4.79 Å². The first-order chi connectivity index (χ1) is 7.92. The monoisotopic (exact) mass is 318 g/mol. The molecule has 0 aliphatic heterocycles. The summed E-state index contributed by atoms with van der Waals surface area (Å²) >= 11 is 17.4. The molecule has 0 spiro atoms. The Bertz CT molecular complexity index is 207. The summed E-state index contributed by atoms with van der Waals surface area (Å²) in [6.07, 6.45) is 7.84. The molecule has 2 nitrogen and oxygen atoms in total. The first-order valence-corrected chi connectivity index (χ1v) is 11.4. The molecule has 0 aliphatic rings. The van der Waals surface area contributed by atoms with Gasteiger partial charge in [-0.15, -0.1) is 33.2 Å². The number of ether oxygens (including phenoxy) is 1. The number of carbonyl (C=O) groups is 1. The van der Waals surface area contributed by atoms with Crippen LogP contribution in [0.15, 0.2) is 0 Å². The van der Waals surface area contributed by atoms with Gasteiger partial charge >= 0.3 is 12.0 Å². The van der Waals surface area contributed by atoms with Crippen molar-refractivity contribution in [2.75, 3.05) is 6.61 Å². The third-order valence-corrected chi connectivity index (χ3v) is 5.03. The Morgan fingerprint density at radius 2 is 1.41 bits per heavy atom. The Morgan fingerprint density at radius 3 is 1.88 bits per heavy atom. The number of hydrogen-bond acceptors (Lipinski definition) is 2. The summed E-state index contributed by atoms with van der Waals surface area (Å²) in [6, 6.07) is -1.62. The minimum absolute atomic E-state index is 0.194. The number of unbranched alkanes of at least 4 members (excludes halogenated alkanes) is 6. The van der Waals surface area contributed by atoms with E-state index in [1.807, 2.05) is 0 Å². The SMILES string of the molecule is CC(=O)OCCCCCCCCC[Si](Cl)(Cl)Cl. The number of carbonyl (C=O) groups excluding carboxylic acids is 1. The van der Waals surface area contributed by atoms with Crippen LogP contribution in [0.5, 0.6) is 0 Å². The zero-order valence-electron chi connectivity index (χ0n) is 10.3. The average molecular weight is 320 g/mol. The molecule has 102 valence electrons. The Balaban J connectivity index is 3.06. The highest BCUT2D eigenvalue weighted by Crippen LogP contribution is 2.27. The maximum absolute atomic E-state index is 10.5. The molecule has 0 aromatic carbocycles. The highest BCUT2D eigenvalue weighted by atomic mass is 35.8. The predicted octanol–water partition coefficient (Wildman–Crippen LogP) is 4.94. The van der Waals surface area contributed by atoms with Gasteiger partial charge in [0.25, 0.3) is 0 Å². The third kappa shape index (κ3) is 16.6. The summed E-state index contributed by atoms with van der Waals surface area (Å²) in [6.45, 7) is 1.99. The van der Waals surface area contributed by atoms with E-state index >= 15 is 0 Å². The van der Waals surface area contributed by atoms with E-state index in [2.05, 4.69) is 0 Å². The van der Waals surface area contributed by atoms with Crippen LogP contribution >= 0.6 is 33.2 Å². The van der Waals surface area contributed by atoms with E-state index in [9.17, 15) is 4.79 Å². The Kier molecular flexibility index (Phi) is 10.8. The van der Waals surface area contributed by atoms with Crippen molar-refractivity contribution in [2.45, 2.75) is 57.9 Å². The fourth-order valence-corrected chi connectivity index (χ4v) is 3.38. The standard InChI is InChI=1S/C11H21Cl3O2Si/c1-11(15)16-9-7-5-3-2-4-6-8-10-17(12,13)14/h2-10H2,1H3. The van der Waals surface area contributed by atoms with E-state index in [4.69, 9.17) is 38.0 Å². The van der Waals surface area contributed by atoms with E-state index in [1.165, 1.54) is 26.2 Å². The van der Waals surface area contributed by atoms with Crippen molar-refractivity contribution in [3.8, 4) is 0 Å². The van der Waals surface area contributed by atoms with Crippen molar-refractivity contribution in [3.05, 3.63) is 0 Å². The molecule has 0 N–H and O–H groups in total. The second-order valence-corrected chi connectivity index (χ2v) is 13.5. The molecule has 0 heterocycles.